The lowest BCUT2D eigenvalue weighted by Crippen LogP contribution is -2.48. The zero-order chi connectivity index (χ0) is 25.9. The van der Waals surface area contributed by atoms with E-state index in [0.717, 1.165) is 70.1 Å². The van der Waals surface area contributed by atoms with Crippen molar-refractivity contribution in [2.75, 3.05) is 0 Å². The van der Waals surface area contributed by atoms with Gasteiger partial charge in [0.1, 0.15) is 11.6 Å². The number of rotatable bonds is 3. The third kappa shape index (κ3) is 5.13. The highest BCUT2D eigenvalue weighted by Gasteiger charge is 2.13. The molecule has 1 N–H and O–H groups in total. The van der Waals surface area contributed by atoms with E-state index in [1.165, 1.54) is 0 Å². The molecule has 2 aliphatic rings. The van der Waals surface area contributed by atoms with Crippen LogP contribution in [0.1, 0.15) is 59.3 Å². The van der Waals surface area contributed by atoms with Gasteiger partial charge in [-0.1, -0.05) is 48.3 Å². The maximum atomic E-state index is 13.7. The van der Waals surface area contributed by atoms with Gasteiger partial charge in [-0.25, -0.2) is 4.98 Å². The van der Waals surface area contributed by atoms with Crippen molar-refractivity contribution in [2.45, 2.75) is 46.5 Å². The zero-order valence-electron chi connectivity index (χ0n) is 21.5. The summed E-state index contributed by atoms with van der Waals surface area (Å²) >= 11 is 0. The van der Waals surface area contributed by atoms with Gasteiger partial charge < -0.3 is 5.11 Å². The molecule has 3 aromatic rings. The molecule has 5 rings (SSSR count). The van der Waals surface area contributed by atoms with Gasteiger partial charge in [-0.05, 0) is 105 Å². The van der Waals surface area contributed by atoms with Gasteiger partial charge >= 0.3 is 0 Å². The van der Waals surface area contributed by atoms with E-state index in [4.69, 9.17) is 4.98 Å². The summed E-state index contributed by atoms with van der Waals surface area (Å²) in [6.07, 6.45) is 18.0. The number of fused-ring (bicyclic) bond motifs is 1. The Morgan fingerprint density at radius 3 is 2.38 bits per heavy atom. The Balaban J connectivity index is 1.61. The number of hydrogen-bond donors (Lipinski definition) is 1. The van der Waals surface area contributed by atoms with Crippen LogP contribution in [-0.2, 0) is 0 Å². The maximum Gasteiger partial charge on any atom is 0.265 e. The third-order valence-electron chi connectivity index (χ3n) is 6.75. The summed E-state index contributed by atoms with van der Waals surface area (Å²) in [7, 11) is 0. The first-order valence-corrected chi connectivity index (χ1v) is 12.7. The van der Waals surface area contributed by atoms with Crippen LogP contribution in [0.3, 0.4) is 0 Å². The van der Waals surface area contributed by atoms with Crippen LogP contribution < -0.4 is 16.1 Å². The van der Waals surface area contributed by atoms with E-state index in [2.05, 4.69) is 30.1 Å². The van der Waals surface area contributed by atoms with Crippen molar-refractivity contribution in [1.29, 1.82) is 0 Å². The largest absolute Gasteiger partial charge is 0.507 e. The van der Waals surface area contributed by atoms with Crippen LogP contribution in [0.4, 0.5) is 0 Å². The second kappa shape index (κ2) is 10.3. The molecule has 0 atom stereocenters. The number of phenolic OH excluding ortho intramolecular Hbond substituents is 1. The fourth-order valence-electron chi connectivity index (χ4n) is 4.80. The first-order chi connectivity index (χ1) is 17.9. The van der Waals surface area contributed by atoms with Gasteiger partial charge in [-0.2, -0.15) is 0 Å². The molecule has 0 spiro atoms. The molecule has 0 saturated heterocycles. The standard InChI is InChI=1S/C33H30N2O2/c1-22-19-26(14-13-25-9-5-4-6-10-25)15-17-30(22)35-31(34-29-12-8-7-11-28(29)33(35)37)18-16-27-20-23(2)32(36)24(3)21-27/h5,9-12,15-21,36H,4,6-8H2,1-3H3/b18-16+. The Labute approximate surface area is 217 Å². The summed E-state index contributed by atoms with van der Waals surface area (Å²) in [6, 6.07) is 9.80. The van der Waals surface area contributed by atoms with Gasteiger partial charge in [0, 0.05) is 11.1 Å². The first kappa shape index (κ1) is 24.3. The topological polar surface area (TPSA) is 55.1 Å². The van der Waals surface area contributed by atoms with E-state index >= 15 is 0 Å². The van der Waals surface area contributed by atoms with Gasteiger partial charge in [-0.15, -0.1) is 0 Å². The lowest BCUT2D eigenvalue weighted by atomic mass is 10.0. The quantitative estimate of drug-likeness (QED) is 0.529. The van der Waals surface area contributed by atoms with Crippen LogP contribution >= 0.6 is 0 Å². The Bertz CT molecular complexity index is 1710. The lowest BCUT2D eigenvalue weighted by Gasteiger charge is -2.14. The van der Waals surface area contributed by atoms with Crippen molar-refractivity contribution in [3.8, 4) is 23.3 Å². The average Bonchev–Trinajstić information content (AvgIpc) is 2.90. The van der Waals surface area contributed by atoms with E-state index in [1.54, 1.807) is 4.57 Å². The summed E-state index contributed by atoms with van der Waals surface area (Å²) in [5.41, 5.74) is 6.19. The number of phenols is 1. The van der Waals surface area contributed by atoms with E-state index in [9.17, 15) is 9.90 Å². The SMILES string of the molecule is Cc1cc(C#CC2=CCCC=C2)ccc1-n1c(/C=C/c2cc(C)c(O)c(C)c2)nc2c(c1=O)=CCCC=2. The van der Waals surface area contributed by atoms with Crippen molar-refractivity contribution in [1.82, 2.24) is 9.55 Å². The molecule has 0 bridgehead atoms. The van der Waals surface area contributed by atoms with Gasteiger partial charge in [0.15, 0.2) is 0 Å². The summed E-state index contributed by atoms with van der Waals surface area (Å²) in [5, 5.41) is 11.5. The second-order valence-corrected chi connectivity index (χ2v) is 9.62. The number of benzene rings is 2. The van der Waals surface area contributed by atoms with Gasteiger partial charge in [0.2, 0.25) is 0 Å². The van der Waals surface area contributed by atoms with Crippen molar-refractivity contribution in [2.24, 2.45) is 0 Å². The fourth-order valence-corrected chi connectivity index (χ4v) is 4.80. The molecule has 2 aromatic carbocycles. The molecule has 0 unspecified atom stereocenters. The Morgan fingerprint density at radius 1 is 0.892 bits per heavy atom. The molecule has 4 heteroatoms. The molecule has 2 aliphatic carbocycles. The average molecular weight is 487 g/mol. The van der Waals surface area contributed by atoms with Crippen molar-refractivity contribution < 1.29 is 5.11 Å². The van der Waals surface area contributed by atoms with Crippen LogP contribution in [0.5, 0.6) is 5.75 Å². The molecule has 0 aliphatic heterocycles. The molecule has 1 heterocycles. The molecule has 0 fully saturated rings. The van der Waals surface area contributed by atoms with Gasteiger partial charge in [0.25, 0.3) is 5.56 Å². The lowest BCUT2D eigenvalue weighted by molar-refractivity contribution is 0.467. The number of aromatic nitrogens is 2. The Hall–Kier alpha value is -4.36. The summed E-state index contributed by atoms with van der Waals surface area (Å²) in [6.45, 7) is 5.76. The first-order valence-electron chi connectivity index (χ1n) is 12.7. The summed E-state index contributed by atoms with van der Waals surface area (Å²) in [5.74, 6) is 7.38. The molecule has 37 heavy (non-hydrogen) atoms. The Kier molecular flexibility index (Phi) is 6.79. The van der Waals surface area contributed by atoms with E-state index in [1.807, 2.05) is 75.4 Å². The predicted molar refractivity (Wildman–Crippen MR) is 152 cm³/mol. The predicted octanol–water partition coefficient (Wildman–Crippen LogP) is 5.02. The zero-order valence-corrected chi connectivity index (χ0v) is 21.5. The molecule has 0 amide bonds. The van der Waals surface area contributed by atoms with Crippen LogP contribution in [0.2, 0.25) is 0 Å². The minimum Gasteiger partial charge on any atom is -0.507 e. The molecule has 0 radical (unpaired) electrons. The number of aryl methyl sites for hydroxylation is 3. The highest BCUT2D eigenvalue weighted by atomic mass is 16.3. The van der Waals surface area contributed by atoms with Crippen LogP contribution in [0, 0.1) is 32.6 Å². The molecule has 0 saturated carbocycles. The number of allylic oxidation sites excluding steroid dienone is 4. The number of nitrogens with zero attached hydrogens (tertiary/aromatic N) is 2. The second-order valence-electron chi connectivity index (χ2n) is 9.62. The van der Waals surface area contributed by atoms with Gasteiger partial charge in [0.05, 0.1) is 16.3 Å². The van der Waals surface area contributed by atoms with E-state index in [-0.39, 0.29) is 5.56 Å². The van der Waals surface area contributed by atoms with Gasteiger partial charge in [-0.3, -0.25) is 9.36 Å². The minimum atomic E-state index is -0.0712. The van der Waals surface area contributed by atoms with Crippen LogP contribution in [0.25, 0.3) is 30.0 Å². The minimum absolute atomic E-state index is 0.0712. The highest BCUT2D eigenvalue weighted by Crippen LogP contribution is 2.24. The van der Waals surface area contributed by atoms with Crippen LogP contribution in [0.15, 0.2) is 58.9 Å². The molecule has 1 aromatic heterocycles. The monoisotopic (exact) mass is 486 g/mol. The number of aromatic hydroxyl groups is 1. The van der Waals surface area contributed by atoms with E-state index < -0.39 is 0 Å². The summed E-state index contributed by atoms with van der Waals surface area (Å²) in [4.78, 5) is 18.6. The summed E-state index contributed by atoms with van der Waals surface area (Å²) < 4.78 is 1.70. The van der Waals surface area contributed by atoms with Crippen LogP contribution in [-0.4, -0.2) is 14.7 Å². The normalized spacial score (nSPS) is 14.3. The third-order valence-corrected chi connectivity index (χ3v) is 6.75. The van der Waals surface area contributed by atoms with E-state index in [0.29, 0.717) is 16.8 Å². The Morgan fingerprint density at radius 2 is 1.65 bits per heavy atom. The highest BCUT2D eigenvalue weighted by molar-refractivity contribution is 5.69. The maximum absolute atomic E-state index is 13.7. The fraction of sp³-hybridized carbons (Fsp3) is 0.212. The van der Waals surface area contributed by atoms with Crippen molar-refractivity contribution >= 4 is 24.3 Å². The molecular formula is C33H30N2O2. The number of hydrogen-bond acceptors (Lipinski definition) is 3. The molecular weight excluding hydrogens is 456 g/mol. The smallest absolute Gasteiger partial charge is 0.265 e. The van der Waals surface area contributed by atoms with Crippen molar-refractivity contribution in [3.63, 3.8) is 0 Å². The van der Waals surface area contributed by atoms with Crippen molar-refractivity contribution in [3.05, 3.63) is 109 Å². The molecule has 184 valence electrons. The molecule has 4 nitrogen and oxygen atoms in total.